The standard InChI is InChI=1S/C10H18N4O3/c1-16-6-2-3-8(11)10(15)12-5-4-9-13-7-17-14-9/h7-8H,2-6,11H2,1H3,(H,12,15). The lowest BCUT2D eigenvalue weighted by molar-refractivity contribution is -0.122. The molecule has 0 radical (unpaired) electrons. The Bertz CT molecular complexity index is 315. The molecule has 1 amide bonds. The number of hydrogen-bond donors (Lipinski definition) is 2. The smallest absolute Gasteiger partial charge is 0.236 e. The van der Waals surface area contributed by atoms with Crippen LogP contribution in [-0.2, 0) is 16.0 Å². The molecule has 1 heterocycles. The number of carbonyl (C=O) groups excluding carboxylic acids is 1. The summed E-state index contributed by atoms with van der Waals surface area (Å²) in [7, 11) is 1.62. The maximum absolute atomic E-state index is 11.5. The Balaban J connectivity index is 2.11. The fourth-order valence-electron chi connectivity index (χ4n) is 1.31. The molecule has 0 aromatic carbocycles. The van der Waals surface area contributed by atoms with Gasteiger partial charge in [0, 0.05) is 26.7 Å². The van der Waals surface area contributed by atoms with E-state index in [-0.39, 0.29) is 5.91 Å². The van der Waals surface area contributed by atoms with Crippen LogP contribution >= 0.6 is 0 Å². The molecular weight excluding hydrogens is 224 g/mol. The van der Waals surface area contributed by atoms with Crippen LogP contribution in [0.4, 0.5) is 0 Å². The highest BCUT2D eigenvalue weighted by Crippen LogP contribution is 1.95. The number of methoxy groups -OCH3 is 1. The van der Waals surface area contributed by atoms with Gasteiger partial charge in [0.2, 0.25) is 12.3 Å². The van der Waals surface area contributed by atoms with Crippen molar-refractivity contribution in [1.29, 1.82) is 0 Å². The second-order valence-corrected chi connectivity index (χ2v) is 3.63. The quantitative estimate of drug-likeness (QED) is 0.595. The van der Waals surface area contributed by atoms with Gasteiger partial charge >= 0.3 is 0 Å². The van der Waals surface area contributed by atoms with Gasteiger partial charge < -0.3 is 20.3 Å². The first kappa shape index (κ1) is 13.6. The molecule has 1 aromatic heterocycles. The van der Waals surface area contributed by atoms with E-state index in [1.165, 1.54) is 6.39 Å². The van der Waals surface area contributed by atoms with E-state index in [1.807, 2.05) is 0 Å². The maximum atomic E-state index is 11.5. The lowest BCUT2D eigenvalue weighted by atomic mass is 10.1. The van der Waals surface area contributed by atoms with Crippen molar-refractivity contribution >= 4 is 5.91 Å². The Kier molecular flexibility index (Phi) is 6.19. The Morgan fingerprint density at radius 2 is 2.53 bits per heavy atom. The average molecular weight is 242 g/mol. The van der Waals surface area contributed by atoms with Crippen molar-refractivity contribution in [3.05, 3.63) is 12.2 Å². The van der Waals surface area contributed by atoms with Crippen LogP contribution in [-0.4, -0.2) is 42.4 Å². The topological polar surface area (TPSA) is 103 Å². The number of nitrogens with two attached hydrogens (primary N) is 1. The summed E-state index contributed by atoms with van der Waals surface area (Å²) in [6, 6.07) is -0.490. The van der Waals surface area contributed by atoms with Crippen LogP contribution in [0.3, 0.4) is 0 Å². The van der Waals surface area contributed by atoms with Gasteiger partial charge in [-0.1, -0.05) is 5.16 Å². The predicted molar refractivity (Wildman–Crippen MR) is 60.1 cm³/mol. The Morgan fingerprint density at radius 3 is 3.18 bits per heavy atom. The first-order valence-corrected chi connectivity index (χ1v) is 5.51. The summed E-state index contributed by atoms with van der Waals surface area (Å²) < 4.78 is 9.46. The minimum atomic E-state index is -0.490. The minimum Gasteiger partial charge on any atom is -0.385 e. The molecule has 0 aliphatic rings. The zero-order valence-corrected chi connectivity index (χ0v) is 9.89. The van der Waals surface area contributed by atoms with E-state index in [4.69, 9.17) is 10.5 Å². The number of nitrogens with one attached hydrogen (secondary N) is 1. The summed E-state index contributed by atoms with van der Waals surface area (Å²) in [5.74, 6) is 0.405. The Hall–Kier alpha value is -1.47. The molecule has 0 saturated carbocycles. The molecule has 96 valence electrons. The van der Waals surface area contributed by atoms with Gasteiger partial charge in [0.15, 0.2) is 5.82 Å². The fourth-order valence-corrected chi connectivity index (χ4v) is 1.31. The largest absolute Gasteiger partial charge is 0.385 e. The van der Waals surface area contributed by atoms with Gasteiger partial charge in [0.25, 0.3) is 0 Å². The maximum Gasteiger partial charge on any atom is 0.236 e. The number of nitrogens with zero attached hydrogens (tertiary/aromatic N) is 2. The van der Waals surface area contributed by atoms with Crippen molar-refractivity contribution < 1.29 is 14.1 Å². The highest BCUT2D eigenvalue weighted by molar-refractivity contribution is 5.81. The van der Waals surface area contributed by atoms with Crippen molar-refractivity contribution in [2.75, 3.05) is 20.3 Å². The highest BCUT2D eigenvalue weighted by Gasteiger charge is 2.12. The molecule has 0 bridgehead atoms. The van der Waals surface area contributed by atoms with E-state index in [0.717, 1.165) is 6.42 Å². The van der Waals surface area contributed by atoms with Crippen molar-refractivity contribution in [2.24, 2.45) is 5.73 Å². The van der Waals surface area contributed by atoms with Gasteiger partial charge in [0.05, 0.1) is 6.04 Å². The van der Waals surface area contributed by atoms with Gasteiger partial charge in [-0.25, -0.2) is 0 Å². The summed E-state index contributed by atoms with van der Waals surface area (Å²) in [5, 5.41) is 6.35. The molecule has 0 fully saturated rings. The normalized spacial score (nSPS) is 12.4. The zero-order valence-electron chi connectivity index (χ0n) is 9.89. The van der Waals surface area contributed by atoms with Crippen LogP contribution in [0.25, 0.3) is 0 Å². The van der Waals surface area contributed by atoms with E-state index < -0.39 is 6.04 Å². The van der Waals surface area contributed by atoms with Crippen molar-refractivity contribution in [3.8, 4) is 0 Å². The van der Waals surface area contributed by atoms with Gasteiger partial charge in [0.1, 0.15) is 0 Å². The SMILES string of the molecule is COCCCC(N)C(=O)NCCc1ncon1. The Morgan fingerprint density at radius 1 is 1.71 bits per heavy atom. The van der Waals surface area contributed by atoms with E-state index in [9.17, 15) is 4.79 Å². The molecule has 7 nitrogen and oxygen atoms in total. The molecule has 1 unspecified atom stereocenters. The van der Waals surface area contributed by atoms with E-state index in [2.05, 4.69) is 20.0 Å². The molecule has 17 heavy (non-hydrogen) atoms. The van der Waals surface area contributed by atoms with Gasteiger partial charge in [-0.3, -0.25) is 4.79 Å². The third-order valence-electron chi connectivity index (χ3n) is 2.26. The predicted octanol–water partition coefficient (Wildman–Crippen LogP) is -0.518. The van der Waals surface area contributed by atoms with Crippen LogP contribution in [0.5, 0.6) is 0 Å². The lowest BCUT2D eigenvalue weighted by Crippen LogP contribution is -2.41. The van der Waals surface area contributed by atoms with Crippen molar-refractivity contribution in [3.63, 3.8) is 0 Å². The third-order valence-corrected chi connectivity index (χ3v) is 2.26. The summed E-state index contributed by atoms with van der Waals surface area (Å²) in [5.41, 5.74) is 5.70. The number of rotatable bonds is 8. The monoisotopic (exact) mass is 242 g/mol. The second kappa shape index (κ2) is 7.75. The number of amides is 1. The molecular formula is C10H18N4O3. The third kappa shape index (κ3) is 5.41. The molecule has 1 atom stereocenters. The van der Waals surface area contributed by atoms with Crippen LogP contribution in [0, 0.1) is 0 Å². The molecule has 3 N–H and O–H groups in total. The van der Waals surface area contributed by atoms with Crippen molar-refractivity contribution in [2.45, 2.75) is 25.3 Å². The van der Waals surface area contributed by atoms with E-state index >= 15 is 0 Å². The zero-order chi connectivity index (χ0) is 12.5. The fraction of sp³-hybridized carbons (Fsp3) is 0.700. The van der Waals surface area contributed by atoms with Crippen LogP contribution in [0.15, 0.2) is 10.9 Å². The molecule has 1 rings (SSSR count). The van der Waals surface area contributed by atoms with Crippen LogP contribution in [0.2, 0.25) is 0 Å². The van der Waals surface area contributed by atoms with E-state index in [0.29, 0.717) is 31.8 Å². The number of aromatic nitrogens is 2. The number of carbonyl (C=O) groups is 1. The van der Waals surface area contributed by atoms with E-state index in [1.54, 1.807) is 7.11 Å². The van der Waals surface area contributed by atoms with Crippen molar-refractivity contribution in [1.82, 2.24) is 15.5 Å². The van der Waals surface area contributed by atoms with Gasteiger partial charge in [-0.05, 0) is 12.8 Å². The molecule has 0 saturated heterocycles. The molecule has 0 aliphatic heterocycles. The summed E-state index contributed by atoms with van der Waals surface area (Å²) in [6.07, 6.45) is 3.18. The number of hydrogen-bond acceptors (Lipinski definition) is 6. The second-order valence-electron chi connectivity index (χ2n) is 3.63. The van der Waals surface area contributed by atoms with Crippen LogP contribution in [0.1, 0.15) is 18.7 Å². The first-order valence-electron chi connectivity index (χ1n) is 5.51. The summed E-state index contributed by atoms with van der Waals surface area (Å²) >= 11 is 0. The molecule has 1 aromatic rings. The Labute approximate surface area is 99.7 Å². The van der Waals surface area contributed by atoms with Gasteiger partial charge in [-0.2, -0.15) is 4.98 Å². The average Bonchev–Trinajstić information content (AvgIpc) is 2.82. The lowest BCUT2D eigenvalue weighted by Gasteiger charge is -2.11. The molecule has 0 spiro atoms. The van der Waals surface area contributed by atoms with Gasteiger partial charge in [-0.15, -0.1) is 0 Å². The summed E-state index contributed by atoms with van der Waals surface area (Å²) in [6.45, 7) is 1.07. The first-order chi connectivity index (χ1) is 8.24. The molecule has 7 heteroatoms. The number of ether oxygens (including phenoxy) is 1. The summed E-state index contributed by atoms with van der Waals surface area (Å²) in [4.78, 5) is 15.4. The minimum absolute atomic E-state index is 0.162. The molecule has 0 aliphatic carbocycles. The van der Waals surface area contributed by atoms with Crippen LogP contribution < -0.4 is 11.1 Å². The highest BCUT2D eigenvalue weighted by atomic mass is 16.5.